The van der Waals surface area contributed by atoms with Gasteiger partial charge in [0.2, 0.25) is 0 Å². The molecule has 0 amide bonds. The first-order chi connectivity index (χ1) is 4.25. The van der Waals surface area contributed by atoms with Crippen molar-refractivity contribution in [2.24, 2.45) is 0 Å². The van der Waals surface area contributed by atoms with E-state index in [1.54, 1.807) is 0 Å². The highest BCUT2D eigenvalue weighted by molar-refractivity contribution is 4.82. The van der Waals surface area contributed by atoms with E-state index < -0.39 is 25.0 Å². The lowest BCUT2D eigenvalue weighted by molar-refractivity contribution is 0.0117. The van der Waals surface area contributed by atoms with Crippen molar-refractivity contribution in [2.75, 3.05) is 13.3 Å². The minimum atomic E-state index is -1.05. The maximum absolute atomic E-state index is 11.7. The standard InChI is InChI=1S/C5H9FO3/c6-1-4-5(8)3(7)2-9-4/h3-5,7-8H,1-2H2/t3-,4+,5-/m0/s1. The summed E-state index contributed by atoms with van der Waals surface area (Å²) in [5, 5.41) is 17.6. The summed E-state index contributed by atoms with van der Waals surface area (Å²) in [4.78, 5) is 0. The maximum atomic E-state index is 11.7. The van der Waals surface area contributed by atoms with Crippen LogP contribution in [-0.4, -0.2) is 41.8 Å². The first-order valence-corrected chi connectivity index (χ1v) is 2.79. The quantitative estimate of drug-likeness (QED) is 0.490. The average Bonchev–Trinajstić information content (AvgIpc) is 2.15. The van der Waals surface area contributed by atoms with Crippen molar-refractivity contribution in [3.8, 4) is 0 Å². The smallest absolute Gasteiger partial charge is 0.118 e. The molecule has 1 rings (SSSR count). The summed E-state index contributed by atoms with van der Waals surface area (Å²) in [6.07, 6.45) is -2.78. The molecule has 1 aliphatic rings. The number of aliphatic hydroxyl groups is 2. The van der Waals surface area contributed by atoms with Gasteiger partial charge in [0.1, 0.15) is 25.0 Å². The summed E-state index contributed by atoms with van der Waals surface area (Å²) in [6, 6.07) is 0. The number of rotatable bonds is 1. The Hall–Kier alpha value is -0.190. The number of alkyl halides is 1. The van der Waals surface area contributed by atoms with Crippen LogP contribution in [0.1, 0.15) is 0 Å². The first kappa shape index (κ1) is 6.92. The number of ether oxygens (including phenoxy) is 1. The molecule has 4 heteroatoms. The highest BCUT2D eigenvalue weighted by Gasteiger charge is 2.34. The molecular formula is C5H9FO3. The van der Waals surface area contributed by atoms with E-state index in [0.717, 1.165) is 0 Å². The van der Waals surface area contributed by atoms with E-state index in [0.29, 0.717) is 0 Å². The minimum absolute atomic E-state index is 0.0375. The van der Waals surface area contributed by atoms with Crippen LogP contribution in [-0.2, 0) is 4.74 Å². The van der Waals surface area contributed by atoms with Crippen LogP contribution in [0.3, 0.4) is 0 Å². The van der Waals surface area contributed by atoms with Gasteiger partial charge in [-0.15, -0.1) is 0 Å². The molecule has 0 unspecified atom stereocenters. The van der Waals surface area contributed by atoms with Gasteiger partial charge in [-0.25, -0.2) is 4.39 Å². The van der Waals surface area contributed by atoms with Gasteiger partial charge in [-0.05, 0) is 0 Å². The summed E-state index contributed by atoms with van der Waals surface area (Å²) in [5.41, 5.74) is 0. The zero-order chi connectivity index (χ0) is 6.85. The van der Waals surface area contributed by atoms with Crippen LogP contribution >= 0.6 is 0 Å². The van der Waals surface area contributed by atoms with E-state index >= 15 is 0 Å². The number of hydrogen-bond donors (Lipinski definition) is 2. The molecular weight excluding hydrogens is 127 g/mol. The SMILES string of the molecule is O[C@H]1[C@@H](O)CO[C@@H]1CF. The van der Waals surface area contributed by atoms with Gasteiger partial charge >= 0.3 is 0 Å². The fourth-order valence-corrected chi connectivity index (χ4v) is 0.803. The highest BCUT2D eigenvalue weighted by Crippen LogP contribution is 2.13. The van der Waals surface area contributed by atoms with Gasteiger partial charge in [-0.3, -0.25) is 0 Å². The Morgan fingerprint density at radius 2 is 2.22 bits per heavy atom. The van der Waals surface area contributed by atoms with Gasteiger partial charge in [0.25, 0.3) is 0 Å². The number of hydrogen-bond acceptors (Lipinski definition) is 3. The molecule has 0 spiro atoms. The zero-order valence-electron chi connectivity index (χ0n) is 4.83. The Kier molecular flexibility index (Phi) is 2.00. The fraction of sp³-hybridized carbons (Fsp3) is 1.00. The van der Waals surface area contributed by atoms with Crippen molar-refractivity contribution < 1.29 is 19.3 Å². The Labute approximate surface area is 52.1 Å². The van der Waals surface area contributed by atoms with Gasteiger partial charge in [-0.2, -0.15) is 0 Å². The molecule has 0 bridgehead atoms. The normalized spacial score (nSPS) is 43.7. The van der Waals surface area contributed by atoms with Crippen LogP contribution in [0.4, 0.5) is 4.39 Å². The van der Waals surface area contributed by atoms with Gasteiger partial charge in [0.15, 0.2) is 0 Å². The number of halogens is 1. The Balaban J connectivity index is 2.41. The van der Waals surface area contributed by atoms with Crippen LogP contribution in [0.15, 0.2) is 0 Å². The van der Waals surface area contributed by atoms with E-state index in [-0.39, 0.29) is 6.61 Å². The van der Waals surface area contributed by atoms with Crippen molar-refractivity contribution in [3.63, 3.8) is 0 Å². The molecule has 1 saturated heterocycles. The summed E-state index contributed by atoms with van der Waals surface area (Å²) in [5.74, 6) is 0. The lowest BCUT2D eigenvalue weighted by atomic mass is 10.2. The molecule has 2 N–H and O–H groups in total. The fourth-order valence-electron chi connectivity index (χ4n) is 0.803. The van der Waals surface area contributed by atoms with E-state index in [1.165, 1.54) is 0 Å². The van der Waals surface area contributed by atoms with Gasteiger partial charge < -0.3 is 14.9 Å². The Morgan fingerprint density at radius 3 is 2.44 bits per heavy atom. The summed E-state index contributed by atoms with van der Waals surface area (Å²) < 4.78 is 16.4. The molecule has 0 aromatic rings. The molecule has 0 aromatic heterocycles. The lowest BCUT2D eigenvalue weighted by Crippen LogP contribution is -2.30. The predicted octanol–water partition coefficient (Wildman–Crippen LogP) is -0.923. The van der Waals surface area contributed by atoms with E-state index in [1.807, 2.05) is 0 Å². The predicted molar refractivity (Wildman–Crippen MR) is 27.7 cm³/mol. The van der Waals surface area contributed by atoms with Crippen molar-refractivity contribution in [3.05, 3.63) is 0 Å². The van der Waals surface area contributed by atoms with Crippen LogP contribution < -0.4 is 0 Å². The van der Waals surface area contributed by atoms with Crippen LogP contribution in [0, 0.1) is 0 Å². The van der Waals surface area contributed by atoms with Crippen LogP contribution in [0.2, 0.25) is 0 Å². The second-order valence-electron chi connectivity index (χ2n) is 2.08. The monoisotopic (exact) mass is 136 g/mol. The molecule has 1 aliphatic heterocycles. The molecule has 54 valence electrons. The zero-order valence-corrected chi connectivity index (χ0v) is 4.83. The van der Waals surface area contributed by atoms with E-state index in [4.69, 9.17) is 10.2 Å². The average molecular weight is 136 g/mol. The molecule has 0 saturated carbocycles. The molecule has 3 nitrogen and oxygen atoms in total. The molecule has 0 aliphatic carbocycles. The highest BCUT2D eigenvalue weighted by atomic mass is 19.1. The van der Waals surface area contributed by atoms with Gasteiger partial charge in [0, 0.05) is 0 Å². The number of aliphatic hydroxyl groups excluding tert-OH is 2. The second kappa shape index (κ2) is 2.60. The van der Waals surface area contributed by atoms with Crippen molar-refractivity contribution >= 4 is 0 Å². The van der Waals surface area contributed by atoms with Crippen LogP contribution in [0.25, 0.3) is 0 Å². The van der Waals surface area contributed by atoms with Gasteiger partial charge in [0.05, 0.1) is 6.61 Å². The third-order valence-electron chi connectivity index (χ3n) is 1.41. The molecule has 1 fully saturated rings. The third-order valence-corrected chi connectivity index (χ3v) is 1.41. The second-order valence-corrected chi connectivity index (χ2v) is 2.08. The first-order valence-electron chi connectivity index (χ1n) is 2.79. The topological polar surface area (TPSA) is 49.7 Å². The van der Waals surface area contributed by atoms with Crippen molar-refractivity contribution in [1.82, 2.24) is 0 Å². The summed E-state index contributed by atoms with van der Waals surface area (Å²) >= 11 is 0. The summed E-state index contributed by atoms with van der Waals surface area (Å²) in [7, 11) is 0. The van der Waals surface area contributed by atoms with E-state index in [2.05, 4.69) is 4.74 Å². The maximum Gasteiger partial charge on any atom is 0.118 e. The van der Waals surface area contributed by atoms with Crippen molar-refractivity contribution in [1.29, 1.82) is 0 Å². The minimum Gasteiger partial charge on any atom is -0.388 e. The van der Waals surface area contributed by atoms with Crippen LogP contribution in [0.5, 0.6) is 0 Å². The Bertz CT molecular complexity index is 98.2. The lowest BCUT2D eigenvalue weighted by Gasteiger charge is -2.09. The molecule has 3 atom stereocenters. The molecule has 1 heterocycles. The molecule has 0 radical (unpaired) electrons. The largest absolute Gasteiger partial charge is 0.388 e. The third kappa shape index (κ3) is 1.20. The van der Waals surface area contributed by atoms with Crippen molar-refractivity contribution in [2.45, 2.75) is 18.3 Å². The van der Waals surface area contributed by atoms with E-state index in [9.17, 15) is 4.39 Å². The summed E-state index contributed by atoms with van der Waals surface area (Å²) in [6.45, 7) is -0.700. The van der Waals surface area contributed by atoms with Gasteiger partial charge in [-0.1, -0.05) is 0 Å². The molecule has 9 heavy (non-hydrogen) atoms. The Morgan fingerprint density at radius 1 is 1.56 bits per heavy atom. The molecule has 0 aromatic carbocycles.